The zero-order valence-corrected chi connectivity index (χ0v) is 9.86. The van der Waals surface area contributed by atoms with Gasteiger partial charge in [-0.15, -0.1) is 13.2 Å². The number of alkyl halides is 3. The van der Waals surface area contributed by atoms with Gasteiger partial charge in [0.05, 0.1) is 16.5 Å². The monoisotopic (exact) mass is 263 g/mol. The molecule has 0 saturated carbocycles. The van der Waals surface area contributed by atoms with Gasteiger partial charge in [-0.2, -0.15) is 5.26 Å². The summed E-state index contributed by atoms with van der Waals surface area (Å²) in [4.78, 5) is 0. The van der Waals surface area contributed by atoms with Gasteiger partial charge < -0.3 is 4.74 Å². The Labute approximate surface area is 102 Å². The highest BCUT2D eigenvalue weighted by molar-refractivity contribution is 6.32. The molecule has 0 saturated heterocycles. The third-order valence-electron chi connectivity index (χ3n) is 2.16. The minimum absolute atomic E-state index is 0.178. The Kier molecular flexibility index (Phi) is 3.58. The van der Waals surface area contributed by atoms with Crippen molar-refractivity contribution in [3.05, 3.63) is 28.8 Å². The van der Waals surface area contributed by atoms with E-state index in [1.54, 1.807) is 13.8 Å². The molecule has 0 atom stereocenters. The second-order valence-corrected chi connectivity index (χ2v) is 4.34. The molecule has 92 valence electrons. The van der Waals surface area contributed by atoms with Crippen molar-refractivity contribution in [3.63, 3.8) is 0 Å². The number of nitrogens with zero attached hydrogens (tertiary/aromatic N) is 1. The van der Waals surface area contributed by atoms with Gasteiger partial charge in [0.2, 0.25) is 0 Å². The molecule has 6 heteroatoms. The minimum atomic E-state index is -4.78. The smallest absolute Gasteiger partial charge is 0.404 e. The summed E-state index contributed by atoms with van der Waals surface area (Å²) in [6.45, 7) is 3.28. The predicted octanol–water partition coefficient (Wildman–Crippen LogP) is 4.04. The SMILES string of the molecule is CC(C)(C#N)c1ccc(OC(F)(F)F)c(Cl)c1. The Bertz CT molecular complexity index is 463. The summed E-state index contributed by atoms with van der Waals surface area (Å²) in [5.41, 5.74) is -0.292. The summed E-state index contributed by atoms with van der Waals surface area (Å²) in [5, 5.41) is 8.71. The molecule has 0 N–H and O–H groups in total. The molecule has 0 unspecified atom stereocenters. The van der Waals surface area contributed by atoms with Crippen LogP contribution in [0.5, 0.6) is 5.75 Å². The summed E-state index contributed by atoms with van der Waals surface area (Å²) in [5.74, 6) is -0.475. The lowest BCUT2D eigenvalue weighted by molar-refractivity contribution is -0.274. The normalized spacial score (nSPS) is 12.1. The van der Waals surface area contributed by atoms with Gasteiger partial charge >= 0.3 is 6.36 Å². The van der Waals surface area contributed by atoms with Crippen molar-refractivity contribution in [2.24, 2.45) is 0 Å². The van der Waals surface area contributed by atoms with Gasteiger partial charge in [0.15, 0.2) is 0 Å². The molecule has 0 bridgehead atoms. The lowest BCUT2D eigenvalue weighted by Gasteiger charge is -2.17. The van der Waals surface area contributed by atoms with Crippen LogP contribution in [0.3, 0.4) is 0 Å². The largest absolute Gasteiger partial charge is 0.573 e. The maximum Gasteiger partial charge on any atom is 0.573 e. The average molecular weight is 264 g/mol. The number of nitriles is 1. The molecule has 0 spiro atoms. The Morgan fingerprint density at radius 3 is 2.29 bits per heavy atom. The quantitative estimate of drug-likeness (QED) is 0.807. The highest BCUT2D eigenvalue weighted by atomic mass is 35.5. The van der Waals surface area contributed by atoms with Gasteiger partial charge in [-0.3, -0.25) is 0 Å². The molecule has 0 aliphatic rings. The van der Waals surface area contributed by atoms with Crippen LogP contribution in [0, 0.1) is 11.3 Å². The fourth-order valence-corrected chi connectivity index (χ4v) is 1.38. The highest BCUT2D eigenvalue weighted by Crippen LogP contribution is 2.34. The van der Waals surface area contributed by atoms with E-state index in [0.717, 1.165) is 6.07 Å². The van der Waals surface area contributed by atoms with Crippen LogP contribution in [-0.4, -0.2) is 6.36 Å². The van der Waals surface area contributed by atoms with Crippen molar-refractivity contribution in [1.82, 2.24) is 0 Å². The Morgan fingerprint density at radius 1 is 1.29 bits per heavy atom. The molecule has 1 aromatic carbocycles. The Morgan fingerprint density at radius 2 is 1.88 bits per heavy atom. The van der Waals surface area contributed by atoms with E-state index < -0.39 is 17.5 Å². The minimum Gasteiger partial charge on any atom is -0.404 e. The molecule has 0 radical (unpaired) electrons. The summed E-state index contributed by atoms with van der Waals surface area (Å²) < 4.78 is 39.7. The van der Waals surface area contributed by atoms with Crippen LogP contribution in [0.1, 0.15) is 19.4 Å². The van der Waals surface area contributed by atoms with Crippen molar-refractivity contribution in [1.29, 1.82) is 5.26 Å². The molecule has 1 rings (SSSR count). The molecule has 17 heavy (non-hydrogen) atoms. The van der Waals surface area contributed by atoms with Gasteiger partial charge in [0.1, 0.15) is 5.75 Å². The summed E-state index contributed by atoms with van der Waals surface area (Å²) in [7, 11) is 0. The first-order chi connectivity index (χ1) is 7.65. The van der Waals surface area contributed by atoms with E-state index in [2.05, 4.69) is 4.74 Å². The summed E-state index contributed by atoms with van der Waals surface area (Å²) in [6.07, 6.45) is -4.78. The zero-order chi connectivity index (χ0) is 13.3. The molecule has 0 aliphatic heterocycles. The summed E-state index contributed by atoms with van der Waals surface area (Å²) in [6, 6.07) is 5.81. The van der Waals surface area contributed by atoms with E-state index in [-0.39, 0.29) is 5.02 Å². The highest BCUT2D eigenvalue weighted by Gasteiger charge is 2.32. The van der Waals surface area contributed by atoms with E-state index in [4.69, 9.17) is 16.9 Å². The van der Waals surface area contributed by atoms with Crippen LogP contribution >= 0.6 is 11.6 Å². The molecule has 0 amide bonds. The molecule has 0 aromatic heterocycles. The standard InChI is InChI=1S/C11H9ClF3NO/c1-10(2,6-16)7-3-4-9(8(12)5-7)17-11(13,14)15/h3-5H,1-2H3. The molecular formula is C11H9ClF3NO. The molecular weight excluding hydrogens is 255 g/mol. The first-order valence-corrected chi connectivity index (χ1v) is 5.00. The fraction of sp³-hybridized carbons (Fsp3) is 0.364. The van der Waals surface area contributed by atoms with Gasteiger partial charge in [0.25, 0.3) is 0 Å². The first-order valence-electron chi connectivity index (χ1n) is 4.63. The lowest BCUT2D eigenvalue weighted by atomic mass is 9.86. The third-order valence-corrected chi connectivity index (χ3v) is 2.45. The van der Waals surface area contributed by atoms with Crippen molar-refractivity contribution >= 4 is 11.6 Å². The van der Waals surface area contributed by atoms with Gasteiger partial charge in [-0.25, -0.2) is 0 Å². The number of halogens is 4. The number of benzene rings is 1. The van der Waals surface area contributed by atoms with Crippen molar-refractivity contribution in [3.8, 4) is 11.8 Å². The summed E-state index contributed by atoms with van der Waals surface area (Å²) >= 11 is 5.66. The third kappa shape index (κ3) is 3.53. The van der Waals surface area contributed by atoms with Gasteiger partial charge in [0, 0.05) is 0 Å². The number of hydrogen-bond acceptors (Lipinski definition) is 2. The number of rotatable bonds is 2. The van der Waals surface area contributed by atoms with Crippen molar-refractivity contribution < 1.29 is 17.9 Å². The van der Waals surface area contributed by atoms with Crippen LogP contribution in [0.15, 0.2) is 18.2 Å². The lowest BCUT2D eigenvalue weighted by Crippen LogP contribution is -2.18. The van der Waals surface area contributed by atoms with Gasteiger partial charge in [-0.1, -0.05) is 17.7 Å². The van der Waals surface area contributed by atoms with E-state index in [1.165, 1.54) is 12.1 Å². The maximum absolute atomic E-state index is 12.0. The van der Waals surface area contributed by atoms with Crippen LogP contribution in [0.2, 0.25) is 5.02 Å². The van der Waals surface area contributed by atoms with Crippen LogP contribution < -0.4 is 4.74 Å². The first kappa shape index (κ1) is 13.7. The zero-order valence-electron chi connectivity index (χ0n) is 9.10. The predicted molar refractivity (Wildman–Crippen MR) is 56.8 cm³/mol. The fourth-order valence-electron chi connectivity index (χ4n) is 1.16. The van der Waals surface area contributed by atoms with Crippen molar-refractivity contribution in [2.45, 2.75) is 25.6 Å². The Hall–Kier alpha value is -1.41. The van der Waals surface area contributed by atoms with Crippen LogP contribution in [-0.2, 0) is 5.41 Å². The van der Waals surface area contributed by atoms with Crippen LogP contribution in [0.4, 0.5) is 13.2 Å². The average Bonchev–Trinajstić information content (AvgIpc) is 2.19. The van der Waals surface area contributed by atoms with E-state index in [1.807, 2.05) is 6.07 Å². The topological polar surface area (TPSA) is 33.0 Å². The molecule has 2 nitrogen and oxygen atoms in total. The molecule has 0 fully saturated rings. The number of ether oxygens (including phenoxy) is 1. The molecule has 0 aliphatic carbocycles. The Balaban J connectivity index is 3.08. The number of hydrogen-bond donors (Lipinski definition) is 0. The van der Waals surface area contributed by atoms with E-state index in [0.29, 0.717) is 5.56 Å². The van der Waals surface area contributed by atoms with Gasteiger partial charge in [-0.05, 0) is 31.5 Å². The van der Waals surface area contributed by atoms with Crippen molar-refractivity contribution in [2.75, 3.05) is 0 Å². The van der Waals surface area contributed by atoms with Crippen LogP contribution in [0.25, 0.3) is 0 Å². The second kappa shape index (κ2) is 4.46. The molecule has 1 aromatic rings. The van der Waals surface area contributed by atoms with E-state index >= 15 is 0 Å². The maximum atomic E-state index is 12.0. The second-order valence-electron chi connectivity index (χ2n) is 3.93. The molecule has 0 heterocycles. The van der Waals surface area contributed by atoms with E-state index in [9.17, 15) is 13.2 Å².